The van der Waals surface area contributed by atoms with E-state index in [1.54, 1.807) is 0 Å². The van der Waals surface area contributed by atoms with Crippen LogP contribution in [0, 0.1) is 5.92 Å². The number of pyridine rings is 1. The molecule has 0 bridgehead atoms. The van der Waals surface area contributed by atoms with E-state index < -0.39 is 46.8 Å². The molecule has 2 aromatic rings. The number of nitrogens with zero attached hydrogens (tertiary/aromatic N) is 3. The van der Waals surface area contributed by atoms with E-state index in [4.69, 9.17) is 17.3 Å². The molecule has 0 atom stereocenters. The van der Waals surface area contributed by atoms with Crippen LogP contribution >= 0.6 is 24.0 Å². The lowest BCUT2D eigenvalue weighted by atomic mass is 9.97. The Bertz CT molecular complexity index is 1390. The first kappa shape index (κ1) is 30.5. The third-order valence-electron chi connectivity index (χ3n) is 6.31. The van der Waals surface area contributed by atoms with Crippen molar-refractivity contribution in [3.63, 3.8) is 0 Å². The molecule has 2 amide bonds. The molecule has 0 spiro atoms. The summed E-state index contributed by atoms with van der Waals surface area (Å²) >= 11 is 6.06. The van der Waals surface area contributed by atoms with Crippen molar-refractivity contribution in [2.45, 2.75) is 25.2 Å². The largest absolute Gasteiger partial charge is 0.481 e. The molecule has 41 heavy (non-hydrogen) atoms. The molecule has 0 aliphatic carbocycles. The Morgan fingerprint density at radius 3 is 2.24 bits per heavy atom. The second-order valence-corrected chi connectivity index (χ2v) is 10.8. The predicted octanol–water partition coefficient (Wildman–Crippen LogP) is 4.82. The van der Waals surface area contributed by atoms with E-state index in [0.29, 0.717) is 25.0 Å². The van der Waals surface area contributed by atoms with Crippen LogP contribution in [0.1, 0.15) is 29.7 Å². The van der Waals surface area contributed by atoms with Crippen LogP contribution in [-0.4, -0.2) is 61.7 Å². The number of benzene rings is 1. The number of carbonyl (C=O) groups excluding carboxylic acids is 2. The molecule has 4 rings (SSSR count). The van der Waals surface area contributed by atoms with Gasteiger partial charge in [-0.1, -0.05) is 30.0 Å². The average Bonchev–Trinajstić information content (AvgIpc) is 3.17. The molecular formula is C25H20F6N4O4S2. The summed E-state index contributed by atoms with van der Waals surface area (Å²) in [5.41, 5.74) is -0.841. The Morgan fingerprint density at radius 2 is 1.68 bits per heavy atom. The lowest BCUT2D eigenvalue weighted by Crippen LogP contribution is -2.49. The number of carbonyl (C=O) groups is 3. The number of carboxylic acids is 1. The molecule has 1 aromatic carbocycles. The minimum atomic E-state index is -5.02. The summed E-state index contributed by atoms with van der Waals surface area (Å²) in [6.45, 7) is 0.227. The van der Waals surface area contributed by atoms with Crippen LogP contribution in [-0.2, 0) is 26.7 Å². The molecule has 2 aliphatic rings. The second kappa shape index (κ2) is 11.8. The number of thioether (sulfide) groups is 1. The van der Waals surface area contributed by atoms with Gasteiger partial charge in [0.05, 0.1) is 39.9 Å². The highest BCUT2D eigenvalue weighted by molar-refractivity contribution is 8.26. The monoisotopic (exact) mass is 618 g/mol. The SMILES string of the molecule is O=C(O)C1CCN(C(=O)CNN2C(=O)C(=Cc3cccc(-c4cc(C(F)(F)F)cc(C(F)(F)F)c4)n3)SC2=S)CC1. The van der Waals surface area contributed by atoms with Gasteiger partial charge in [0.25, 0.3) is 5.91 Å². The Kier molecular flexibility index (Phi) is 8.75. The lowest BCUT2D eigenvalue weighted by molar-refractivity contribution is -0.145. The Labute approximate surface area is 238 Å². The number of carboxylic acid groups (broad SMARTS) is 1. The molecule has 3 heterocycles. The first-order valence-electron chi connectivity index (χ1n) is 11.9. The van der Waals surface area contributed by atoms with Crippen LogP contribution in [0.15, 0.2) is 41.3 Å². The summed E-state index contributed by atoms with van der Waals surface area (Å²) in [6.07, 6.45) is -8.14. The second-order valence-electron chi connectivity index (χ2n) is 9.09. The van der Waals surface area contributed by atoms with Crippen molar-refractivity contribution in [2.75, 3.05) is 19.6 Å². The van der Waals surface area contributed by atoms with Gasteiger partial charge in [0.1, 0.15) is 0 Å². The molecule has 0 saturated carbocycles. The fraction of sp³-hybridized carbons (Fsp3) is 0.320. The Hall–Kier alpha value is -3.50. The third kappa shape index (κ3) is 7.23. The van der Waals surface area contributed by atoms with Gasteiger partial charge in [0.15, 0.2) is 4.32 Å². The van der Waals surface area contributed by atoms with Crippen molar-refractivity contribution in [1.29, 1.82) is 0 Å². The van der Waals surface area contributed by atoms with Gasteiger partial charge in [-0.25, -0.2) is 15.4 Å². The number of hydrazine groups is 1. The molecule has 0 unspecified atom stereocenters. The van der Waals surface area contributed by atoms with Crippen LogP contribution in [0.3, 0.4) is 0 Å². The number of halogens is 6. The molecule has 2 saturated heterocycles. The van der Waals surface area contributed by atoms with Crippen LogP contribution in [0.5, 0.6) is 0 Å². The number of hydrogen-bond acceptors (Lipinski definition) is 7. The summed E-state index contributed by atoms with van der Waals surface area (Å²) < 4.78 is 79.7. The fourth-order valence-corrected chi connectivity index (χ4v) is 5.37. The zero-order valence-electron chi connectivity index (χ0n) is 20.8. The first-order chi connectivity index (χ1) is 19.1. The van der Waals surface area contributed by atoms with E-state index in [1.165, 1.54) is 29.2 Å². The zero-order chi connectivity index (χ0) is 30.1. The topological polar surface area (TPSA) is 103 Å². The van der Waals surface area contributed by atoms with E-state index in [2.05, 4.69) is 10.4 Å². The molecular weight excluding hydrogens is 598 g/mol. The van der Waals surface area contributed by atoms with Gasteiger partial charge in [-0.15, -0.1) is 0 Å². The van der Waals surface area contributed by atoms with E-state index in [-0.39, 0.29) is 52.2 Å². The van der Waals surface area contributed by atoms with E-state index in [1.807, 2.05) is 0 Å². The lowest BCUT2D eigenvalue weighted by Gasteiger charge is -2.30. The number of nitrogens with one attached hydrogen (secondary N) is 1. The van der Waals surface area contributed by atoms with Gasteiger partial charge < -0.3 is 10.0 Å². The van der Waals surface area contributed by atoms with Crippen LogP contribution in [0.25, 0.3) is 17.3 Å². The van der Waals surface area contributed by atoms with Gasteiger partial charge in [0.2, 0.25) is 5.91 Å². The van der Waals surface area contributed by atoms with Crippen molar-refractivity contribution in [2.24, 2.45) is 5.92 Å². The number of hydrogen-bond donors (Lipinski definition) is 2. The number of rotatable bonds is 6. The van der Waals surface area contributed by atoms with Gasteiger partial charge in [0, 0.05) is 18.7 Å². The van der Waals surface area contributed by atoms with E-state index in [9.17, 15) is 40.7 Å². The normalized spacial score (nSPS) is 18.0. The number of amides is 2. The quantitative estimate of drug-likeness (QED) is 0.270. The van der Waals surface area contributed by atoms with Crippen LogP contribution < -0.4 is 5.43 Å². The summed E-state index contributed by atoms with van der Waals surface area (Å²) in [5, 5.41) is 10.1. The van der Waals surface area contributed by atoms with Crippen molar-refractivity contribution in [3.8, 4) is 11.3 Å². The highest BCUT2D eigenvalue weighted by Gasteiger charge is 2.37. The molecule has 2 N–H and O–H groups in total. The van der Waals surface area contributed by atoms with Gasteiger partial charge >= 0.3 is 18.3 Å². The molecule has 2 aliphatic heterocycles. The average molecular weight is 619 g/mol. The van der Waals surface area contributed by atoms with E-state index in [0.717, 1.165) is 16.8 Å². The summed E-state index contributed by atoms with van der Waals surface area (Å²) in [7, 11) is 0. The van der Waals surface area contributed by atoms with Crippen molar-refractivity contribution < 1.29 is 45.8 Å². The predicted molar refractivity (Wildman–Crippen MR) is 140 cm³/mol. The minimum absolute atomic E-state index is 0.0223. The number of aliphatic carboxylic acids is 1. The summed E-state index contributed by atoms with van der Waals surface area (Å²) in [5.74, 6) is -2.43. The molecule has 2 fully saturated rings. The van der Waals surface area contributed by atoms with E-state index >= 15 is 0 Å². The van der Waals surface area contributed by atoms with Gasteiger partial charge in [-0.3, -0.25) is 14.4 Å². The maximum Gasteiger partial charge on any atom is 0.416 e. The molecule has 0 radical (unpaired) electrons. The summed E-state index contributed by atoms with van der Waals surface area (Å²) in [6, 6.07) is 5.16. The van der Waals surface area contributed by atoms with Crippen molar-refractivity contribution >= 4 is 52.2 Å². The van der Waals surface area contributed by atoms with Gasteiger partial charge in [-0.2, -0.15) is 26.3 Å². The standard InChI is InChI=1S/C25H20F6N4O4S2/c26-24(27,28)15-8-14(9-16(10-15)25(29,30)31)18-3-1-2-17(33-18)11-19-21(37)35(23(40)41-19)32-12-20(36)34-6-4-13(5-7-34)22(38)39/h1-3,8-11,13,32H,4-7,12H2,(H,38,39). The number of likely N-dealkylation sites (tertiary alicyclic amines) is 1. The van der Waals surface area contributed by atoms with Crippen molar-refractivity contribution in [3.05, 3.63) is 58.1 Å². The highest BCUT2D eigenvalue weighted by atomic mass is 32.2. The molecule has 1 aromatic heterocycles. The maximum absolute atomic E-state index is 13.3. The van der Waals surface area contributed by atoms with Gasteiger partial charge in [-0.05, 0) is 49.2 Å². The summed E-state index contributed by atoms with van der Waals surface area (Å²) in [4.78, 5) is 42.2. The number of thiocarbonyl (C=S) groups is 1. The molecule has 218 valence electrons. The number of aromatic nitrogens is 1. The first-order valence-corrected chi connectivity index (χ1v) is 13.1. The Balaban J connectivity index is 1.48. The van der Waals surface area contributed by atoms with Crippen LogP contribution in [0.2, 0.25) is 0 Å². The number of piperidine rings is 1. The third-order valence-corrected chi connectivity index (χ3v) is 7.61. The Morgan fingerprint density at radius 1 is 1.07 bits per heavy atom. The smallest absolute Gasteiger partial charge is 0.416 e. The maximum atomic E-state index is 13.3. The van der Waals surface area contributed by atoms with Crippen LogP contribution in [0.4, 0.5) is 26.3 Å². The minimum Gasteiger partial charge on any atom is -0.481 e. The highest BCUT2D eigenvalue weighted by Crippen LogP contribution is 2.38. The van der Waals surface area contributed by atoms with Crippen molar-refractivity contribution in [1.82, 2.24) is 20.3 Å². The molecule has 8 nitrogen and oxygen atoms in total. The molecule has 16 heteroatoms. The zero-order valence-corrected chi connectivity index (χ0v) is 22.4. The fourth-order valence-electron chi connectivity index (χ4n) is 4.17. The number of alkyl halides is 6.